The highest BCUT2D eigenvalue weighted by atomic mass is 32.1. The number of hydrogen-bond acceptors (Lipinski definition) is 4. The zero-order valence-corrected chi connectivity index (χ0v) is 25.7. The van der Waals surface area contributed by atoms with Crippen LogP contribution < -0.4 is 5.73 Å². The largest absolute Gasteiger partial charge is 0.460 e. The average Bonchev–Trinajstić information content (AvgIpc) is 3.65. The molecular formula is C40H36N2OS. The molecule has 3 N–H and O–H groups in total. The van der Waals surface area contributed by atoms with Crippen molar-refractivity contribution >= 4 is 55.3 Å². The number of hydrogen-bond donors (Lipinski definition) is 2. The van der Waals surface area contributed by atoms with Gasteiger partial charge in [0.1, 0.15) is 11.3 Å². The quantitative estimate of drug-likeness (QED) is 0.200. The Morgan fingerprint density at radius 1 is 0.727 bits per heavy atom. The molecule has 1 unspecified atom stereocenters. The molecular weight excluding hydrogens is 557 g/mol. The van der Waals surface area contributed by atoms with Crippen molar-refractivity contribution in [3.05, 3.63) is 149 Å². The van der Waals surface area contributed by atoms with Crippen LogP contribution in [-0.4, -0.2) is 6.72 Å². The van der Waals surface area contributed by atoms with Crippen LogP contribution in [0.1, 0.15) is 47.3 Å². The lowest BCUT2D eigenvalue weighted by Crippen LogP contribution is -1.95. The summed E-state index contributed by atoms with van der Waals surface area (Å²) in [5.41, 5.74) is 14.2. The van der Waals surface area contributed by atoms with Gasteiger partial charge in [-0.25, -0.2) is 0 Å². The van der Waals surface area contributed by atoms with Crippen LogP contribution >= 0.6 is 11.3 Å². The SMILES string of the molecule is C=N.CC1CC=Cc2c1oc1cc(-c3ccc(CN)cc3)ccc21.c1ccc(Cc2ccc3c(c2)sc2ccccc23)cc1. The Bertz CT molecular complexity index is 2050. The van der Waals surface area contributed by atoms with Crippen molar-refractivity contribution < 1.29 is 4.42 Å². The van der Waals surface area contributed by atoms with Gasteiger partial charge in [-0.1, -0.05) is 110 Å². The van der Waals surface area contributed by atoms with Crippen LogP contribution in [0.5, 0.6) is 0 Å². The molecule has 0 radical (unpaired) electrons. The first-order valence-corrected chi connectivity index (χ1v) is 15.8. The van der Waals surface area contributed by atoms with Gasteiger partial charge in [-0.2, -0.15) is 0 Å². The molecule has 2 heterocycles. The van der Waals surface area contributed by atoms with Crippen molar-refractivity contribution in [1.82, 2.24) is 0 Å². The molecule has 7 aromatic rings. The maximum atomic E-state index is 6.14. The molecule has 2 aromatic heterocycles. The molecule has 218 valence electrons. The molecule has 1 aliphatic carbocycles. The molecule has 0 amide bonds. The number of thiophene rings is 1. The van der Waals surface area contributed by atoms with E-state index in [1.807, 2.05) is 11.3 Å². The minimum atomic E-state index is 0.458. The number of allylic oxidation sites excluding steroid dienone is 1. The van der Waals surface area contributed by atoms with E-state index in [1.54, 1.807) is 0 Å². The lowest BCUT2D eigenvalue weighted by molar-refractivity contribution is 0.504. The highest BCUT2D eigenvalue weighted by molar-refractivity contribution is 7.25. The summed E-state index contributed by atoms with van der Waals surface area (Å²) in [5.74, 6) is 1.58. The van der Waals surface area contributed by atoms with Crippen LogP contribution in [0.15, 0.2) is 126 Å². The fourth-order valence-corrected chi connectivity index (χ4v) is 7.06. The van der Waals surface area contributed by atoms with E-state index in [4.69, 9.17) is 15.6 Å². The van der Waals surface area contributed by atoms with Crippen molar-refractivity contribution in [3.63, 3.8) is 0 Å². The predicted molar refractivity (Wildman–Crippen MR) is 190 cm³/mol. The molecule has 0 saturated heterocycles. The molecule has 3 nitrogen and oxygen atoms in total. The van der Waals surface area contributed by atoms with Gasteiger partial charge in [0.25, 0.3) is 0 Å². The zero-order chi connectivity index (χ0) is 30.5. The van der Waals surface area contributed by atoms with Crippen LogP contribution in [0.4, 0.5) is 0 Å². The summed E-state index contributed by atoms with van der Waals surface area (Å²) in [6.07, 6.45) is 6.49. The Hall–Kier alpha value is -4.77. The third kappa shape index (κ3) is 6.00. The standard InChI is InChI=1S/C20H19NO.C19H14S.CH3N/c1-13-3-2-4-18-17-10-9-16(11-19(17)22-20(13)18)15-7-5-14(12-21)6-8-15;1-2-6-14(7-3-1)12-15-10-11-17-16-8-4-5-9-18(16)20-19(17)13-15;1-2/h2,4-11,13H,3,12,21H2,1H3;1-11,13H,12H2;2H,1H2. The summed E-state index contributed by atoms with van der Waals surface area (Å²) in [4.78, 5) is 0. The van der Waals surface area contributed by atoms with E-state index in [0.29, 0.717) is 12.5 Å². The van der Waals surface area contributed by atoms with E-state index in [2.05, 4.69) is 141 Å². The molecule has 44 heavy (non-hydrogen) atoms. The summed E-state index contributed by atoms with van der Waals surface area (Å²) in [6.45, 7) is 5.30. The predicted octanol–water partition coefficient (Wildman–Crippen LogP) is 11.0. The van der Waals surface area contributed by atoms with E-state index < -0.39 is 0 Å². The summed E-state index contributed by atoms with van der Waals surface area (Å²) in [6, 6.07) is 41.1. The van der Waals surface area contributed by atoms with Gasteiger partial charge >= 0.3 is 0 Å². The van der Waals surface area contributed by atoms with Crippen LogP contribution in [-0.2, 0) is 13.0 Å². The molecule has 1 aliphatic rings. The molecule has 8 rings (SSSR count). The van der Waals surface area contributed by atoms with Crippen molar-refractivity contribution in [1.29, 1.82) is 5.41 Å². The molecule has 0 saturated carbocycles. The van der Waals surface area contributed by atoms with Gasteiger partial charge in [0, 0.05) is 43.6 Å². The van der Waals surface area contributed by atoms with E-state index >= 15 is 0 Å². The average molecular weight is 593 g/mol. The van der Waals surface area contributed by atoms with Gasteiger partial charge in [0.15, 0.2) is 0 Å². The fourth-order valence-electron chi connectivity index (χ4n) is 5.90. The summed E-state index contributed by atoms with van der Waals surface area (Å²) < 4.78 is 8.90. The third-order valence-corrected chi connectivity index (χ3v) is 9.33. The number of benzene rings is 5. The molecule has 0 fully saturated rings. The second kappa shape index (κ2) is 13.3. The maximum absolute atomic E-state index is 6.14. The highest BCUT2D eigenvalue weighted by Gasteiger charge is 2.20. The van der Waals surface area contributed by atoms with Gasteiger partial charge in [0.05, 0.1) is 0 Å². The molecule has 5 aromatic carbocycles. The normalized spacial score (nSPS) is 13.6. The minimum Gasteiger partial charge on any atom is -0.460 e. The lowest BCUT2D eigenvalue weighted by atomic mass is 9.93. The number of nitrogens with two attached hydrogens (primary N) is 1. The van der Waals surface area contributed by atoms with Gasteiger partial charge in [-0.3, -0.25) is 0 Å². The fraction of sp³-hybridized carbons (Fsp3) is 0.125. The summed E-state index contributed by atoms with van der Waals surface area (Å²) in [7, 11) is 0. The Balaban J connectivity index is 0.000000148. The first-order chi connectivity index (χ1) is 21.7. The van der Waals surface area contributed by atoms with Crippen LogP contribution in [0, 0.1) is 5.41 Å². The topological polar surface area (TPSA) is 63.0 Å². The smallest absolute Gasteiger partial charge is 0.135 e. The third-order valence-electron chi connectivity index (χ3n) is 8.20. The van der Waals surface area contributed by atoms with Crippen molar-refractivity contribution in [2.75, 3.05) is 0 Å². The highest BCUT2D eigenvalue weighted by Crippen LogP contribution is 2.38. The Morgan fingerprint density at radius 2 is 1.41 bits per heavy atom. The van der Waals surface area contributed by atoms with Gasteiger partial charge < -0.3 is 15.6 Å². The Kier molecular flexibility index (Phi) is 8.83. The van der Waals surface area contributed by atoms with Crippen molar-refractivity contribution in [3.8, 4) is 11.1 Å². The van der Waals surface area contributed by atoms with Crippen molar-refractivity contribution in [2.24, 2.45) is 5.73 Å². The molecule has 0 spiro atoms. The zero-order valence-electron chi connectivity index (χ0n) is 24.9. The number of rotatable bonds is 4. The molecule has 0 bridgehead atoms. The minimum absolute atomic E-state index is 0.458. The maximum Gasteiger partial charge on any atom is 0.135 e. The molecule has 1 atom stereocenters. The number of nitrogens with one attached hydrogen (secondary N) is 1. The van der Waals surface area contributed by atoms with Gasteiger partial charge in [-0.15, -0.1) is 11.3 Å². The van der Waals surface area contributed by atoms with Gasteiger partial charge in [-0.05, 0) is 71.6 Å². The lowest BCUT2D eigenvalue weighted by Gasteiger charge is -2.10. The monoisotopic (exact) mass is 592 g/mol. The van der Waals surface area contributed by atoms with Crippen LogP contribution in [0.2, 0.25) is 0 Å². The van der Waals surface area contributed by atoms with Crippen LogP contribution in [0.25, 0.3) is 48.3 Å². The summed E-state index contributed by atoms with van der Waals surface area (Å²) >= 11 is 1.89. The van der Waals surface area contributed by atoms with E-state index in [-0.39, 0.29) is 0 Å². The second-order valence-corrected chi connectivity index (χ2v) is 12.2. The first kappa shape index (κ1) is 29.3. The van der Waals surface area contributed by atoms with E-state index in [0.717, 1.165) is 29.7 Å². The number of fused-ring (bicyclic) bond motifs is 6. The number of furan rings is 1. The molecule has 4 heteroatoms. The van der Waals surface area contributed by atoms with Crippen LogP contribution in [0.3, 0.4) is 0 Å². The van der Waals surface area contributed by atoms with Crippen molar-refractivity contribution in [2.45, 2.75) is 32.2 Å². The van der Waals surface area contributed by atoms with E-state index in [1.165, 1.54) is 53.4 Å². The summed E-state index contributed by atoms with van der Waals surface area (Å²) in [5, 5.41) is 9.46. The molecule has 0 aliphatic heterocycles. The van der Waals surface area contributed by atoms with E-state index in [9.17, 15) is 0 Å². The Labute approximate surface area is 262 Å². The second-order valence-electron chi connectivity index (χ2n) is 11.1. The Morgan fingerprint density at radius 3 is 2.20 bits per heavy atom. The van der Waals surface area contributed by atoms with Gasteiger partial charge in [0.2, 0.25) is 0 Å². The first-order valence-electron chi connectivity index (χ1n) is 15.0.